The van der Waals surface area contributed by atoms with Crippen LogP contribution in [-0.4, -0.2) is 25.9 Å². The van der Waals surface area contributed by atoms with Gasteiger partial charge in [0.25, 0.3) is 0 Å². The van der Waals surface area contributed by atoms with E-state index in [4.69, 9.17) is 0 Å². The Balaban J connectivity index is 1.37. The van der Waals surface area contributed by atoms with E-state index in [9.17, 15) is 13.2 Å². The van der Waals surface area contributed by atoms with Gasteiger partial charge in [-0.2, -0.15) is 0 Å². The predicted octanol–water partition coefficient (Wildman–Crippen LogP) is 4.07. The van der Waals surface area contributed by atoms with E-state index in [1.807, 2.05) is 49.4 Å². The van der Waals surface area contributed by atoms with E-state index in [2.05, 4.69) is 15.0 Å². The Hall–Kier alpha value is -2.81. The van der Waals surface area contributed by atoms with Crippen molar-refractivity contribution in [3.05, 3.63) is 66.2 Å². The van der Waals surface area contributed by atoms with Crippen molar-refractivity contribution in [1.29, 1.82) is 0 Å². The molecule has 0 unspecified atom stereocenters. The Bertz CT molecular complexity index is 1310. The van der Waals surface area contributed by atoms with Crippen molar-refractivity contribution in [3.8, 4) is 0 Å². The van der Waals surface area contributed by atoms with Crippen molar-refractivity contribution in [2.75, 3.05) is 11.9 Å². The molecule has 1 aromatic heterocycles. The number of nitrogens with one attached hydrogen (secondary N) is 2. The number of rotatable bonds is 6. The van der Waals surface area contributed by atoms with Crippen LogP contribution in [0.5, 0.6) is 0 Å². The number of nitrogens with zero attached hydrogens (tertiary/aromatic N) is 1. The van der Waals surface area contributed by atoms with E-state index < -0.39 is 10.0 Å². The average Bonchev–Trinajstić information content (AvgIpc) is 3.11. The highest BCUT2D eigenvalue weighted by Crippen LogP contribution is 2.27. The minimum absolute atomic E-state index is 0.00488. The number of para-hydroxylation sites is 1. The summed E-state index contributed by atoms with van der Waals surface area (Å²) < 4.78 is 28.5. The molecule has 29 heavy (non-hydrogen) atoms. The molecule has 0 aliphatic carbocycles. The van der Waals surface area contributed by atoms with Gasteiger partial charge in [0.15, 0.2) is 5.13 Å². The van der Waals surface area contributed by atoms with Crippen LogP contribution in [0.4, 0.5) is 5.13 Å². The summed E-state index contributed by atoms with van der Waals surface area (Å²) in [7, 11) is -3.69. The van der Waals surface area contributed by atoms with Crippen molar-refractivity contribution in [3.63, 3.8) is 0 Å². The van der Waals surface area contributed by atoms with Crippen molar-refractivity contribution >= 4 is 53.4 Å². The SMILES string of the molecule is Cc1cccc2sc(NC(=O)CCNS(=O)(=O)c3ccc4ccccc4c3)nc12. The van der Waals surface area contributed by atoms with E-state index in [0.29, 0.717) is 5.13 Å². The Morgan fingerprint density at radius 3 is 2.62 bits per heavy atom. The fraction of sp³-hybridized carbons (Fsp3) is 0.143. The summed E-state index contributed by atoms with van der Waals surface area (Å²) in [6, 6.07) is 18.4. The molecule has 148 valence electrons. The van der Waals surface area contributed by atoms with Gasteiger partial charge in [0.05, 0.1) is 15.1 Å². The van der Waals surface area contributed by atoms with E-state index in [1.54, 1.807) is 18.2 Å². The highest BCUT2D eigenvalue weighted by atomic mass is 32.2. The normalized spacial score (nSPS) is 11.8. The molecule has 0 aliphatic heterocycles. The van der Waals surface area contributed by atoms with E-state index in [1.165, 1.54) is 11.3 Å². The van der Waals surface area contributed by atoms with Crippen LogP contribution in [0.15, 0.2) is 65.6 Å². The third-order valence-corrected chi connectivity index (χ3v) is 6.94. The lowest BCUT2D eigenvalue weighted by molar-refractivity contribution is -0.116. The van der Waals surface area contributed by atoms with Crippen LogP contribution in [0.25, 0.3) is 21.0 Å². The van der Waals surface area contributed by atoms with Gasteiger partial charge >= 0.3 is 0 Å². The van der Waals surface area contributed by atoms with Crippen molar-refractivity contribution in [2.45, 2.75) is 18.2 Å². The van der Waals surface area contributed by atoms with Crippen LogP contribution < -0.4 is 10.0 Å². The summed E-state index contributed by atoms with van der Waals surface area (Å²) in [5.41, 5.74) is 1.91. The second-order valence-corrected chi connectivity index (χ2v) is 9.44. The third kappa shape index (κ3) is 4.29. The molecule has 0 saturated heterocycles. The van der Waals surface area contributed by atoms with Gasteiger partial charge in [-0.3, -0.25) is 4.79 Å². The molecule has 0 radical (unpaired) electrons. The van der Waals surface area contributed by atoms with Crippen LogP contribution in [0.3, 0.4) is 0 Å². The number of anilines is 1. The van der Waals surface area contributed by atoms with Gasteiger partial charge in [0.1, 0.15) is 0 Å². The van der Waals surface area contributed by atoms with Crippen LogP contribution >= 0.6 is 11.3 Å². The predicted molar refractivity (Wildman–Crippen MR) is 117 cm³/mol. The summed E-state index contributed by atoms with van der Waals surface area (Å²) in [5.74, 6) is -0.289. The first kappa shape index (κ1) is 19.5. The fourth-order valence-electron chi connectivity index (χ4n) is 3.04. The molecule has 6 nitrogen and oxygen atoms in total. The summed E-state index contributed by atoms with van der Waals surface area (Å²) in [5, 5.41) is 5.07. The van der Waals surface area contributed by atoms with Crippen LogP contribution in [0.2, 0.25) is 0 Å². The third-order valence-electron chi connectivity index (χ3n) is 4.54. The zero-order chi connectivity index (χ0) is 20.4. The molecule has 0 saturated carbocycles. The molecule has 0 fully saturated rings. The summed E-state index contributed by atoms with van der Waals surface area (Å²) in [6.07, 6.45) is 0.0156. The van der Waals surface area contributed by atoms with E-state index in [-0.39, 0.29) is 23.8 Å². The summed E-state index contributed by atoms with van der Waals surface area (Å²) in [6.45, 7) is 1.97. The first-order valence-corrected chi connectivity index (χ1v) is 11.4. The lowest BCUT2D eigenvalue weighted by atomic mass is 10.1. The zero-order valence-electron chi connectivity index (χ0n) is 15.7. The molecule has 1 heterocycles. The van der Waals surface area contributed by atoms with Gasteiger partial charge in [-0.05, 0) is 41.5 Å². The standard InChI is InChI=1S/C21H19N3O3S2/c1-14-5-4-8-18-20(14)24-21(28-18)23-19(25)11-12-22-29(26,27)17-10-9-15-6-2-3-7-16(15)13-17/h2-10,13,22H,11-12H2,1H3,(H,23,24,25). The molecule has 0 bridgehead atoms. The number of amides is 1. The largest absolute Gasteiger partial charge is 0.302 e. The molecule has 4 aromatic rings. The second-order valence-electron chi connectivity index (χ2n) is 6.65. The fourth-order valence-corrected chi connectivity index (χ4v) is 5.07. The molecule has 3 aromatic carbocycles. The molecular formula is C21H19N3O3S2. The molecule has 0 atom stereocenters. The number of thiazole rings is 1. The number of benzene rings is 3. The first-order chi connectivity index (χ1) is 13.9. The van der Waals surface area contributed by atoms with Gasteiger partial charge < -0.3 is 5.32 Å². The zero-order valence-corrected chi connectivity index (χ0v) is 17.3. The number of aryl methyl sites for hydroxylation is 1. The Kier molecular flexibility index (Phi) is 5.31. The van der Waals surface area contributed by atoms with E-state index >= 15 is 0 Å². The lowest BCUT2D eigenvalue weighted by Gasteiger charge is -2.08. The maximum atomic E-state index is 12.5. The maximum Gasteiger partial charge on any atom is 0.240 e. The molecule has 0 aliphatic rings. The number of sulfonamides is 1. The van der Waals surface area contributed by atoms with Crippen molar-refractivity contribution in [2.24, 2.45) is 0 Å². The first-order valence-electron chi connectivity index (χ1n) is 9.07. The lowest BCUT2D eigenvalue weighted by Crippen LogP contribution is -2.27. The van der Waals surface area contributed by atoms with Crippen molar-refractivity contribution < 1.29 is 13.2 Å². The minimum Gasteiger partial charge on any atom is -0.302 e. The number of hydrogen-bond acceptors (Lipinski definition) is 5. The number of hydrogen-bond donors (Lipinski definition) is 2. The Morgan fingerprint density at radius 2 is 1.83 bits per heavy atom. The highest BCUT2D eigenvalue weighted by molar-refractivity contribution is 7.89. The molecule has 4 rings (SSSR count). The van der Waals surface area contributed by atoms with Gasteiger partial charge in [0, 0.05) is 13.0 Å². The van der Waals surface area contributed by atoms with Crippen LogP contribution in [-0.2, 0) is 14.8 Å². The Morgan fingerprint density at radius 1 is 1.03 bits per heavy atom. The highest BCUT2D eigenvalue weighted by Gasteiger charge is 2.15. The van der Waals surface area contributed by atoms with Crippen LogP contribution in [0, 0.1) is 6.92 Å². The topological polar surface area (TPSA) is 88.2 Å². The van der Waals surface area contributed by atoms with Gasteiger partial charge in [-0.15, -0.1) is 0 Å². The minimum atomic E-state index is -3.69. The van der Waals surface area contributed by atoms with Gasteiger partial charge in [0.2, 0.25) is 15.9 Å². The number of fused-ring (bicyclic) bond motifs is 2. The van der Waals surface area contributed by atoms with Gasteiger partial charge in [-0.25, -0.2) is 18.1 Å². The number of carbonyl (C=O) groups is 1. The molecular weight excluding hydrogens is 406 g/mol. The average molecular weight is 426 g/mol. The monoisotopic (exact) mass is 425 g/mol. The van der Waals surface area contributed by atoms with Crippen LogP contribution in [0.1, 0.15) is 12.0 Å². The van der Waals surface area contributed by atoms with Crippen molar-refractivity contribution in [1.82, 2.24) is 9.71 Å². The number of aromatic nitrogens is 1. The van der Waals surface area contributed by atoms with Gasteiger partial charge in [-0.1, -0.05) is 53.8 Å². The molecule has 8 heteroatoms. The van der Waals surface area contributed by atoms with E-state index in [0.717, 1.165) is 26.6 Å². The summed E-state index contributed by atoms with van der Waals surface area (Å²) >= 11 is 1.40. The quantitative estimate of drug-likeness (QED) is 0.488. The number of carbonyl (C=O) groups excluding carboxylic acids is 1. The second kappa shape index (κ2) is 7.90. The molecule has 0 spiro atoms. The Labute approximate surface area is 172 Å². The smallest absolute Gasteiger partial charge is 0.240 e. The molecule has 2 N–H and O–H groups in total. The maximum absolute atomic E-state index is 12.5. The molecule has 1 amide bonds. The summed E-state index contributed by atoms with van der Waals surface area (Å²) in [4.78, 5) is 16.8.